The van der Waals surface area contributed by atoms with E-state index >= 15 is 0 Å². The van der Waals surface area contributed by atoms with Gasteiger partial charge in [0.05, 0.1) is 27.0 Å². The Labute approximate surface area is 148 Å². The Balaban J connectivity index is 1.63. The van der Waals surface area contributed by atoms with Gasteiger partial charge in [-0.15, -0.1) is 0 Å². The highest BCUT2D eigenvalue weighted by Crippen LogP contribution is 2.34. The van der Waals surface area contributed by atoms with E-state index in [-0.39, 0.29) is 0 Å². The van der Waals surface area contributed by atoms with Crippen molar-refractivity contribution in [3.63, 3.8) is 0 Å². The maximum absolute atomic E-state index is 5.55. The minimum Gasteiger partial charge on any atom is -0.494 e. The molecule has 2 aromatic carbocycles. The lowest BCUT2D eigenvalue weighted by Gasteiger charge is -2.00. The summed E-state index contributed by atoms with van der Waals surface area (Å²) in [6.07, 6.45) is 1.04. The summed E-state index contributed by atoms with van der Waals surface area (Å²) in [4.78, 5) is 9.28. The summed E-state index contributed by atoms with van der Waals surface area (Å²) in [6, 6.07) is 12.4. The molecule has 0 fully saturated rings. The molecule has 4 aromatic rings. The number of benzene rings is 2. The van der Waals surface area contributed by atoms with Crippen LogP contribution in [0.3, 0.4) is 0 Å². The lowest BCUT2D eigenvalue weighted by Crippen LogP contribution is -1.90. The summed E-state index contributed by atoms with van der Waals surface area (Å²) in [5.74, 6) is 0.882. The van der Waals surface area contributed by atoms with E-state index < -0.39 is 0 Å². The fraction of sp³-hybridized carbons (Fsp3) is 0.222. The van der Waals surface area contributed by atoms with E-state index in [9.17, 15) is 0 Å². The third-order valence-corrected chi connectivity index (χ3v) is 5.61. The normalized spacial score (nSPS) is 11.2. The molecule has 1 N–H and O–H groups in total. The van der Waals surface area contributed by atoms with Crippen molar-refractivity contribution in [2.24, 2.45) is 0 Å². The van der Waals surface area contributed by atoms with Crippen molar-refractivity contribution in [3.8, 4) is 5.75 Å². The molecule has 0 bridgehead atoms. The lowest BCUT2D eigenvalue weighted by molar-refractivity contribution is 0.341. The number of fused-ring (bicyclic) bond motifs is 2. The summed E-state index contributed by atoms with van der Waals surface area (Å²) in [7, 11) is 0. The molecular weight excluding hydrogens is 338 g/mol. The maximum Gasteiger partial charge on any atom is 0.190 e. The SMILES string of the molecule is CCOc1ccc2nc(Nc3nc4ccc(CC)cc4s3)sc2c1. The number of nitrogens with zero attached hydrogens (tertiary/aromatic N) is 2. The van der Waals surface area contributed by atoms with Gasteiger partial charge in [-0.05, 0) is 49.2 Å². The van der Waals surface area contributed by atoms with Crippen molar-refractivity contribution in [3.05, 3.63) is 42.0 Å². The molecule has 2 aromatic heterocycles. The molecule has 0 radical (unpaired) electrons. The number of ether oxygens (including phenoxy) is 1. The Kier molecular flexibility index (Phi) is 4.08. The highest BCUT2D eigenvalue weighted by Gasteiger charge is 2.09. The van der Waals surface area contributed by atoms with Crippen LogP contribution in [-0.2, 0) is 6.42 Å². The van der Waals surface area contributed by atoms with Crippen LogP contribution >= 0.6 is 22.7 Å². The number of anilines is 2. The van der Waals surface area contributed by atoms with Crippen LogP contribution in [0.25, 0.3) is 20.4 Å². The van der Waals surface area contributed by atoms with Crippen LogP contribution in [0.2, 0.25) is 0 Å². The molecule has 0 atom stereocenters. The summed E-state index contributed by atoms with van der Waals surface area (Å²) in [5.41, 5.74) is 3.33. The number of thiazole rings is 2. The second-order valence-electron chi connectivity index (χ2n) is 5.38. The third kappa shape index (κ3) is 2.95. The van der Waals surface area contributed by atoms with Crippen LogP contribution < -0.4 is 10.1 Å². The van der Waals surface area contributed by atoms with Gasteiger partial charge in [-0.2, -0.15) is 0 Å². The van der Waals surface area contributed by atoms with E-state index in [1.54, 1.807) is 22.7 Å². The molecule has 2 heterocycles. The zero-order valence-electron chi connectivity index (χ0n) is 13.5. The molecule has 0 aliphatic carbocycles. The first-order valence-electron chi connectivity index (χ1n) is 7.95. The second-order valence-corrected chi connectivity index (χ2v) is 7.44. The number of aryl methyl sites for hydroxylation is 1. The fourth-order valence-electron chi connectivity index (χ4n) is 2.55. The quantitative estimate of drug-likeness (QED) is 0.505. The molecular formula is C18H17N3OS2. The first-order chi connectivity index (χ1) is 11.7. The summed E-state index contributed by atoms with van der Waals surface area (Å²) < 4.78 is 7.87. The van der Waals surface area contributed by atoms with Gasteiger partial charge in [0, 0.05) is 0 Å². The van der Waals surface area contributed by atoms with Gasteiger partial charge in [-0.25, -0.2) is 9.97 Å². The van der Waals surface area contributed by atoms with E-state index in [1.807, 2.05) is 25.1 Å². The van der Waals surface area contributed by atoms with Crippen molar-refractivity contribution < 1.29 is 4.74 Å². The second kappa shape index (κ2) is 6.37. The van der Waals surface area contributed by atoms with Gasteiger partial charge < -0.3 is 10.1 Å². The Bertz CT molecular complexity index is 1010. The largest absolute Gasteiger partial charge is 0.494 e. The monoisotopic (exact) mass is 355 g/mol. The molecule has 0 aliphatic rings. The van der Waals surface area contributed by atoms with Gasteiger partial charge in [-0.1, -0.05) is 35.7 Å². The Morgan fingerprint density at radius 3 is 2.25 bits per heavy atom. The molecule has 0 saturated heterocycles. The average molecular weight is 355 g/mol. The average Bonchev–Trinajstić information content (AvgIpc) is 3.16. The molecule has 0 saturated carbocycles. The molecule has 122 valence electrons. The zero-order valence-corrected chi connectivity index (χ0v) is 15.1. The van der Waals surface area contributed by atoms with Gasteiger partial charge >= 0.3 is 0 Å². The van der Waals surface area contributed by atoms with E-state index in [2.05, 4.69) is 40.4 Å². The van der Waals surface area contributed by atoms with E-state index in [0.29, 0.717) is 6.61 Å². The molecule has 6 heteroatoms. The molecule has 0 aliphatic heterocycles. The van der Waals surface area contributed by atoms with Crippen LogP contribution in [0, 0.1) is 0 Å². The highest BCUT2D eigenvalue weighted by molar-refractivity contribution is 7.24. The van der Waals surface area contributed by atoms with Crippen LogP contribution in [0.5, 0.6) is 5.75 Å². The smallest absolute Gasteiger partial charge is 0.190 e. The number of rotatable bonds is 5. The van der Waals surface area contributed by atoms with Gasteiger partial charge in [0.25, 0.3) is 0 Å². The van der Waals surface area contributed by atoms with Crippen molar-refractivity contribution in [1.29, 1.82) is 0 Å². The van der Waals surface area contributed by atoms with Crippen molar-refractivity contribution in [1.82, 2.24) is 9.97 Å². The predicted molar refractivity (Wildman–Crippen MR) is 103 cm³/mol. The van der Waals surface area contributed by atoms with Crippen molar-refractivity contribution in [2.75, 3.05) is 11.9 Å². The maximum atomic E-state index is 5.55. The number of hydrogen-bond acceptors (Lipinski definition) is 6. The van der Waals surface area contributed by atoms with Crippen LogP contribution in [0.4, 0.5) is 10.3 Å². The predicted octanol–water partition coefficient (Wildman–Crippen LogP) is 5.61. The van der Waals surface area contributed by atoms with Crippen LogP contribution in [0.15, 0.2) is 36.4 Å². The summed E-state index contributed by atoms with van der Waals surface area (Å²) in [5, 5.41) is 5.08. The molecule has 0 amide bonds. The Hall–Kier alpha value is -2.18. The van der Waals surface area contributed by atoms with Crippen LogP contribution in [-0.4, -0.2) is 16.6 Å². The van der Waals surface area contributed by atoms with Gasteiger partial charge in [0.2, 0.25) is 0 Å². The standard InChI is InChI=1S/C18H17N3OS2/c1-3-11-5-7-13-15(9-11)23-17(19-13)21-18-20-14-8-6-12(22-4-2)10-16(14)24-18/h5-10H,3-4H2,1-2H3,(H,19,20,21). The highest BCUT2D eigenvalue weighted by atomic mass is 32.1. The first kappa shape index (κ1) is 15.4. The Morgan fingerprint density at radius 1 is 0.917 bits per heavy atom. The van der Waals surface area contributed by atoms with Crippen LogP contribution in [0.1, 0.15) is 19.4 Å². The molecule has 4 nitrogen and oxygen atoms in total. The fourth-order valence-corrected chi connectivity index (χ4v) is 4.44. The number of hydrogen-bond donors (Lipinski definition) is 1. The first-order valence-corrected chi connectivity index (χ1v) is 9.58. The van der Waals surface area contributed by atoms with E-state index in [1.165, 1.54) is 10.3 Å². The number of nitrogens with one attached hydrogen (secondary N) is 1. The number of aromatic nitrogens is 2. The molecule has 24 heavy (non-hydrogen) atoms. The van der Waals surface area contributed by atoms with Gasteiger partial charge in [0.1, 0.15) is 5.75 Å². The topological polar surface area (TPSA) is 47.0 Å². The molecule has 0 spiro atoms. The Morgan fingerprint density at radius 2 is 1.58 bits per heavy atom. The van der Waals surface area contributed by atoms with Crippen molar-refractivity contribution in [2.45, 2.75) is 20.3 Å². The third-order valence-electron chi connectivity index (χ3n) is 3.75. The van der Waals surface area contributed by atoms with E-state index in [0.717, 1.165) is 38.2 Å². The van der Waals surface area contributed by atoms with Crippen molar-refractivity contribution >= 4 is 53.4 Å². The minimum absolute atomic E-state index is 0.668. The minimum atomic E-state index is 0.668. The summed E-state index contributed by atoms with van der Waals surface area (Å²) >= 11 is 3.28. The molecule has 4 rings (SSSR count). The zero-order chi connectivity index (χ0) is 16.5. The summed E-state index contributed by atoms with van der Waals surface area (Å²) in [6.45, 7) is 4.82. The van der Waals surface area contributed by atoms with E-state index in [4.69, 9.17) is 4.74 Å². The van der Waals surface area contributed by atoms with Gasteiger partial charge in [0.15, 0.2) is 10.3 Å². The molecule has 0 unspecified atom stereocenters. The van der Waals surface area contributed by atoms with Gasteiger partial charge in [-0.3, -0.25) is 0 Å². The lowest BCUT2D eigenvalue weighted by atomic mass is 10.2.